The molecule has 1 aromatic rings. The van der Waals surface area contributed by atoms with E-state index in [-0.39, 0.29) is 12.1 Å². The Morgan fingerprint density at radius 3 is 2.63 bits per heavy atom. The largest absolute Gasteiger partial charge is 0.463 e. The van der Waals surface area contributed by atoms with Crippen LogP contribution in [0, 0.1) is 0 Å². The number of benzene rings is 1. The number of esters is 1. The minimum Gasteiger partial charge on any atom is -0.463 e. The highest BCUT2D eigenvalue weighted by molar-refractivity contribution is 6.04. The van der Waals surface area contributed by atoms with Crippen LogP contribution in [-0.4, -0.2) is 24.6 Å². The van der Waals surface area contributed by atoms with E-state index in [1.54, 1.807) is 13.8 Å². The molecule has 1 atom stereocenters. The first kappa shape index (κ1) is 13.1. The number of rotatable bonds is 3. The average Bonchev–Trinajstić information content (AvgIpc) is 2.39. The van der Waals surface area contributed by atoms with Crippen molar-refractivity contribution in [2.45, 2.75) is 19.9 Å². The Kier molecular flexibility index (Phi) is 3.85. The van der Waals surface area contributed by atoms with Crippen molar-refractivity contribution in [3.05, 3.63) is 41.5 Å². The van der Waals surface area contributed by atoms with Gasteiger partial charge < -0.3 is 15.4 Å². The van der Waals surface area contributed by atoms with Crippen LogP contribution in [0.1, 0.15) is 19.4 Å². The minimum atomic E-state index is -0.415. The predicted molar refractivity (Wildman–Crippen MR) is 71.1 cm³/mol. The molecular formula is C14H16N2O3. The van der Waals surface area contributed by atoms with Crippen molar-refractivity contribution in [3.63, 3.8) is 0 Å². The zero-order valence-corrected chi connectivity index (χ0v) is 10.9. The lowest BCUT2D eigenvalue weighted by atomic mass is 9.99. The SMILES string of the molecule is CCOC(=O)C1=C(c2ccccc2)NC(=O)NC1C. The molecule has 1 aromatic carbocycles. The number of amides is 2. The fourth-order valence-corrected chi connectivity index (χ4v) is 2.02. The van der Waals surface area contributed by atoms with Crippen LogP contribution in [0.2, 0.25) is 0 Å². The van der Waals surface area contributed by atoms with Crippen molar-refractivity contribution < 1.29 is 14.3 Å². The van der Waals surface area contributed by atoms with Gasteiger partial charge in [0.15, 0.2) is 0 Å². The molecule has 1 heterocycles. The Labute approximate surface area is 111 Å². The summed E-state index contributed by atoms with van der Waals surface area (Å²) < 4.78 is 5.05. The van der Waals surface area contributed by atoms with Gasteiger partial charge in [0.25, 0.3) is 0 Å². The fraction of sp³-hybridized carbons (Fsp3) is 0.286. The molecule has 5 nitrogen and oxygen atoms in total. The summed E-state index contributed by atoms with van der Waals surface area (Å²) in [7, 11) is 0. The molecule has 0 spiro atoms. The molecule has 0 saturated carbocycles. The maximum absolute atomic E-state index is 12.0. The molecule has 1 aliphatic heterocycles. The van der Waals surface area contributed by atoms with Crippen LogP contribution in [0.4, 0.5) is 4.79 Å². The van der Waals surface area contributed by atoms with Crippen molar-refractivity contribution in [2.24, 2.45) is 0 Å². The van der Waals surface area contributed by atoms with E-state index in [4.69, 9.17) is 4.74 Å². The van der Waals surface area contributed by atoms with Crippen molar-refractivity contribution >= 4 is 17.7 Å². The van der Waals surface area contributed by atoms with Gasteiger partial charge in [0, 0.05) is 0 Å². The third-order valence-corrected chi connectivity index (χ3v) is 2.85. The molecule has 0 fully saturated rings. The minimum absolute atomic E-state index is 0.297. The topological polar surface area (TPSA) is 67.4 Å². The highest BCUT2D eigenvalue weighted by Gasteiger charge is 2.30. The van der Waals surface area contributed by atoms with E-state index in [1.165, 1.54) is 0 Å². The summed E-state index contributed by atoms with van der Waals surface area (Å²) in [6.07, 6.45) is 0. The number of ether oxygens (including phenoxy) is 1. The molecule has 2 rings (SSSR count). The third kappa shape index (κ3) is 2.76. The Balaban J connectivity index is 2.49. The number of carbonyl (C=O) groups is 2. The molecule has 1 unspecified atom stereocenters. The van der Waals surface area contributed by atoms with Crippen molar-refractivity contribution in [3.8, 4) is 0 Å². The predicted octanol–water partition coefficient (Wildman–Crippen LogP) is 1.66. The first-order chi connectivity index (χ1) is 9.13. The van der Waals surface area contributed by atoms with Gasteiger partial charge in [-0.05, 0) is 19.4 Å². The lowest BCUT2D eigenvalue weighted by Gasteiger charge is -2.26. The quantitative estimate of drug-likeness (QED) is 0.812. The molecule has 1 aliphatic rings. The van der Waals surface area contributed by atoms with Gasteiger partial charge in [-0.1, -0.05) is 30.3 Å². The number of nitrogens with one attached hydrogen (secondary N) is 2. The second kappa shape index (κ2) is 5.56. The fourth-order valence-electron chi connectivity index (χ4n) is 2.02. The zero-order valence-electron chi connectivity index (χ0n) is 10.9. The number of hydrogen-bond donors (Lipinski definition) is 2. The summed E-state index contributed by atoms with van der Waals surface area (Å²) in [5.74, 6) is -0.415. The van der Waals surface area contributed by atoms with Crippen molar-refractivity contribution in [1.29, 1.82) is 0 Å². The Bertz CT molecular complexity index is 523. The first-order valence-electron chi connectivity index (χ1n) is 6.17. The second-order valence-corrected chi connectivity index (χ2v) is 4.20. The summed E-state index contributed by atoms with van der Waals surface area (Å²) in [5.41, 5.74) is 1.73. The highest BCUT2D eigenvalue weighted by atomic mass is 16.5. The van der Waals surface area contributed by atoms with Gasteiger partial charge in [-0.3, -0.25) is 0 Å². The summed E-state index contributed by atoms with van der Waals surface area (Å²) in [5, 5.41) is 5.34. The second-order valence-electron chi connectivity index (χ2n) is 4.20. The monoisotopic (exact) mass is 260 g/mol. The normalized spacial score (nSPS) is 18.6. The summed E-state index contributed by atoms with van der Waals surface area (Å²) in [6, 6.07) is 8.55. The molecule has 0 aromatic heterocycles. The lowest BCUT2D eigenvalue weighted by Crippen LogP contribution is -2.48. The summed E-state index contributed by atoms with van der Waals surface area (Å²) in [4.78, 5) is 23.6. The van der Waals surface area contributed by atoms with Gasteiger partial charge >= 0.3 is 12.0 Å². The first-order valence-corrected chi connectivity index (χ1v) is 6.17. The van der Waals surface area contributed by atoms with Crippen LogP contribution in [0.25, 0.3) is 5.70 Å². The smallest absolute Gasteiger partial charge is 0.338 e. The Morgan fingerprint density at radius 2 is 2.00 bits per heavy atom. The van der Waals surface area contributed by atoms with E-state index in [0.29, 0.717) is 17.9 Å². The van der Waals surface area contributed by atoms with E-state index in [9.17, 15) is 9.59 Å². The lowest BCUT2D eigenvalue weighted by molar-refractivity contribution is -0.138. The van der Waals surface area contributed by atoms with Crippen LogP contribution >= 0.6 is 0 Å². The molecule has 0 aliphatic carbocycles. The standard InChI is InChI=1S/C14H16N2O3/c1-3-19-13(17)11-9(2)15-14(18)16-12(11)10-7-5-4-6-8-10/h4-9H,3H2,1-2H3,(H2,15,16,18). The van der Waals surface area contributed by atoms with Gasteiger partial charge in [0.05, 0.1) is 23.9 Å². The van der Waals surface area contributed by atoms with Crippen molar-refractivity contribution in [1.82, 2.24) is 10.6 Å². The summed E-state index contributed by atoms with van der Waals surface area (Å²) in [6.45, 7) is 3.80. The van der Waals surface area contributed by atoms with E-state index < -0.39 is 5.97 Å². The summed E-state index contributed by atoms with van der Waals surface area (Å²) >= 11 is 0. The van der Waals surface area contributed by atoms with Gasteiger partial charge in [0.1, 0.15) is 0 Å². The van der Waals surface area contributed by atoms with Crippen LogP contribution in [0.15, 0.2) is 35.9 Å². The molecule has 2 N–H and O–H groups in total. The molecule has 5 heteroatoms. The molecule has 0 radical (unpaired) electrons. The Hall–Kier alpha value is -2.30. The maximum atomic E-state index is 12.0. The Morgan fingerprint density at radius 1 is 1.32 bits per heavy atom. The van der Waals surface area contributed by atoms with E-state index in [0.717, 1.165) is 5.56 Å². The van der Waals surface area contributed by atoms with Gasteiger partial charge in [0.2, 0.25) is 0 Å². The van der Waals surface area contributed by atoms with E-state index in [2.05, 4.69) is 10.6 Å². The van der Waals surface area contributed by atoms with Crippen LogP contribution < -0.4 is 10.6 Å². The maximum Gasteiger partial charge on any atom is 0.338 e. The van der Waals surface area contributed by atoms with Crippen LogP contribution in [-0.2, 0) is 9.53 Å². The molecule has 2 amide bonds. The number of hydrogen-bond acceptors (Lipinski definition) is 3. The van der Waals surface area contributed by atoms with Gasteiger partial charge in [-0.15, -0.1) is 0 Å². The molecule has 100 valence electrons. The van der Waals surface area contributed by atoms with Gasteiger partial charge in [-0.25, -0.2) is 9.59 Å². The van der Waals surface area contributed by atoms with Crippen LogP contribution in [0.3, 0.4) is 0 Å². The third-order valence-electron chi connectivity index (χ3n) is 2.85. The van der Waals surface area contributed by atoms with E-state index >= 15 is 0 Å². The highest BCUT2D eigenvalue weighted by Crippen LogP contribution is 2.22. The zero-order chi connectivity index (χ0) is 13.8. The van der Waals surface area contributed by atoms with Crippen LogP contribution in [0.5, 0.6) is 0 Å². The van der Waals surface area contributed by atoms with Gasteiger partial charge in [-0.2, -0.15) is 0 Å². The molecular weight excluding hydrogens is 244 g/mol. The molecule has 0 bridgehead atoms. The number of carbonyl (C=O) groups excluding carboxylic acids is 2. The molecule has 0 saturated heterocycles. The molecule has 19 heavy (non-hydrogen) atoms. The van der Waals surface area contributed by atoms with Crippen molar-refractivity contribution in [2.75, 3.05) is 6.61 Å². The van der Waals surface area contributed by atoms with E-state index in [1.807, 2.05) is 30.3 Å². The average molecular weight is 260 g/mol. The number of urea groups is 1.